The number of allylic oxidation sites excluding steroid dienone is 2. The van der Waals surface area contributed by atoms with Gasteiger partial charge in [-0.15, -0.1) is 0 Å². The Hall–Kier alpha value is -1.57. The number of benzene rings is 1. The fraction of sp³-hybridized carbons (Fsp3) is 0.625. The van der Waals surface area contributed by atoms with Crippen LogP contribution in [0.5, 0.6) is 0 Å². The maximum Gasteiger partial charge on any atom is 0.338 e. The van der Waals surface area contributed by atoms with E-state index in [0.717, 1.165) is 12.8 Å². The van der Waals surface area contributed by atoms with Crippen LogP contribution in [-0.2, 0) is 4.74 Å². The second-order valence-electron chi connectivity index (χ2n) is 7.25. The van der Waals surface area contributed by atoms with Crippen molar-refractivity contribution in [2.24, 2.45) is 0 Å². The van der Waals surface area contributed by atoms with Gasteiger partial charge < -0.3 is 4.74 Å². The van der Waals surface area contributed by atoms with Crippen molar-refractivity contribution in [2.45, 2.75) is 97.0 Å². The van der Waals surface area contributed by atoms with E-state index in [1.165, 1.54) is 64.2 Å². The summed E-state index contributed by atoms with van der Waals surface area (Å²) >= 11 is 0. The van der Waals surface area contributed by atoms with E-state index in [0.29, 0.717) is 5.56 Å². The summed E-state index contributed by atoms with van der Waals surface area (Å²) in [6.45, 7) is 4.22. The molecule has 0 saturated heterocycles. The summed E-state index contributed by atoms with van der Waals surface area (Å²) in [5.74, 6) is -0.206. The van der Waals surface area contributed by atoms with E-state index in [2.05, 4.69) is 19.1 Å². The first-order chi connectivity index (χ1) is 12.7. The van der Waals surface area contributed by atoms with Crippen molar-refractivity contribution < 1.29 is 9.53 Å². The Morgan fingerprint density at radius 3 is 2.12 bits per heavy atom. The van der Waals surface area contributed by atoms with E-state index in [-0.39, 0.29) is 12.1 Å². The van der Waals surface area contributed by atoms with Crippen LogP contribution in [-0.4, -0.2) is 12.1 Å². The zero-order valence-corrected chi connectivity index (χ0v) is 16.9. The van der Waals surface area contributed by atoms with E-state index in [1.807, 2.05) is 25.1 Å². The van der Waals surface area contributed by atoms with Crippen molar-refractivity contribution in [2.75, 3.05) is 0 Å². The molecule has 0 aromatic heterocycles. The van der Waals surface area contributed by atoms with Crippen molar-refractivity contribution >= 4 is 5.97 Å². The summed E-state index contributed by atoms with van der Waals surface area (Å²) in [5, 5.41) is 0. The number of carbonyl (C=O) groups is 1. The Kier molecular flexibility index (Phi) is 13.5. The number of unbranched alkanes of at least 4 members (excludes halogenated alkanes) is 9. The molecule has 1 atom stereocenters. The van der Waals surface area contributed by atoms with Crippen LogP contribution in [0.2, 0.25) is 0 Å². The van der Waals surface area contributed by atoms with E-state index in [4.69, 9.17) is 4.74 Å². The summed E-state index contributed by atoms with van der Waals surface area (Å²) in [6.07, 6.45) is 19.8. The van der Waals surface area contributed by atoms with Crippen LogP contribution < -0.4 is 0 Å². The van der Waals surface area contributed by atoms with Gasteiger partial charge in [-0.25, -0.2) is 4.79 Å². The molecule has 146 valence electrons. The first-order valence-electron chi connectivity index (χ1n) is 10.6. The number of esters is 1. The van der Waals surface area contributed by atoms with Gasteiger partial charge in [-0.3, -0.25) is 0 Å². The van der Waals surface area contributed by atoms with Crippen LogP contribution >= 0.6 is 0 Å². The average molecular weight is 359 g/mol. The molecule has 1 aromatic carbocycles. The molecular formula is C24H38O2. The van der Waals surface area contributed by atoms with Crippen molar-refractivity contribution in [3.63, 3.8) is 0 Å². The van der Waals surface area contributed by atoms with Gasteiger partial charge in [0.05, 0.1) is 11.7 Å². The molecule has 0 N–H and O–H groups in total. The lowest BCUT2D eigenvalue weighted by Crippen LogP contribution is -2.14. The minimum absolute atomic E-state index is 0.00321. The summed E-state index contributed by atoms with van der Waals surface area (Å²) < 4.78 is 5.50. The first-order valence-corrected chi connectivity index (χ1v) is 10.6. The molecule has 26 heavy (non-hydrogen) atoms. The monoisotopic (exact) mass is 358 g/mol. The van der Waals surface area contributed by atoms with Crippen LogP contribution in [0.15, 0.2) is 42.5 Å². The third-order valence-electron chi connectivity index (χ3n) is 4.67. The fourth-order valence-corrected chi connectivity index (χ4v) is 3.04. The molecule has 0 fully saturated rings. The van der Waals surface area contributed by atoms with Crippen LogP contribution in [0.1, 0.15) is 101 Å². The maximum atomic E-state index is 12.0. The van der Waals surface area contributed by atoms with E-state index >= 15 is 0 Å². The van der Waals surface area contributed by atoms with E-state index in [9.17, 15) is 4.79 Å². The van der Waals surface area contributed by atoms with Gasteiger partial charge >= 0.3 is 5.97 Å². The van der Waals surface area contributed by atoms with Gasteiger partial charge in [0, 0.05) is 0 Å². The Morgan fingerprint density at radius 1 is 0.885 bits per heavy atom. The highest BCUT2D eigenvalue weighted by atomic mass is 16.5. The first kappa shape index (κ1) is 22.5. The minimum atomic E-state index is -0.206. The Morgan fingerprint density at radius 2 is 1.46 bits per heavy atom. The highest BCUT2D eigenvalue weighted by Gasteiger charge is 2.10. The maximum absolute atomic E-state index is 12.0. The highest BCUT2D eigenvalue weighted by Crippen LogP contribution is 2.13. The number of hydrogen-bond donors (Lipinski definition) is 0. The molecule has 0 bridgehead atoms. The Balaban J connectivity index is 1.90. The van der Waals surface area contributed by atoms with Gasteiger partial charge in [-0.2, -0.15) is 0 Å². The molecule has 2 nitrogen and oxygen atoms in total. The Labute approximate surface area is 161 Å². The lowest BCUT2D eigenvalue weighted by atomic mass is 10.1. The third kappa shape index (κ3) is 11.9. The number of ether oxygens (including phenoxy) is 1. The van der Waals surface area contributed by atoms with Crippen LogP contribution in [0.25, 0.3) is 0 Å². The number of carbonyl (C=O) groups excluding carboxylic acids is 1. The van der Waals surface area contributed by atoms with Gasteiger partial charge in [-0.05, 0) is 51.2 Å². The van der Waals surface area contributed by atoms with Crippen LogP contribution in [0.3, 0.4) is 0 Å². The average Bonchev–Trinajstić information content (AvgIpc) is 2.66. The highest BCUT2D eigenvalue weighted by molar-refractivity contribution is 5.89. The predicted octanol–water partition coefficient (Wildman–Crippen LogP) is 7.49. The largest absolute Gasteiger partial charge is 0.459 e. The zero-order chi connectivity index (χ0) is 18.9. The molecular weight excluding hydrogens is 320 g/mol. The molecule has 0 radical (unpaired) electrons. The molecule has 1 rings (SSSR count). The van der Waals surface area contributed by atoms with Crippen molar-refractivity contribution in [3.8, 4) is 0 Å². The van der Waals surface area contributed by atoms with Gasteiger partial charge in [-0.1, -0.05) is 82.2 Å². The Bertz CT molecular complexity index is 478. The molecule has 0 amide bonds. The van der Waals surface area contributed by atoms with Crippen LogP contribution in [0, 0.1) is 0 Å². The van der Waals surface area contributed by atoms with Crippen LogP contribution in [0.4, 0.5) is 0 Å². The third-order valence-corrected chi connectivity index (χ3v) is 4.67. The summed E-state index contributed by atoms with van der Waals surface area (Å²) in [5.41, 5.74) is 0.639. The number of hydrogen-bond acceptors (Lipinski definition) is 2. The van der Waals surface area contributed by atoms with E-state index < -0.39 is 0 Å². The molecule has 1 aromatic rings. The molecule has 0 aliphatic rings. The predicted molar refractivity (Wildman–Crippen MR) is 112 cm³/mol. The van der Waals surface area contributed by atoms with E-state index in [1.54, 1.807) is 12.1 Å². The van der Waals surface area contributed by atoms with Crippen molar-refractivity contribution in [1.82, 2.24) is 0 Å². The second-order valence-corrected chi connectivity index (χ2v) is 7.25. The molecule has 2 heteroatoms. The lowest BCUT2D eigenvalue weighted by Gasteiger charge is -2.13. The second kappa shape index (κ2) is 15.7. The molecule has 0 aliphatic heterocycles. The molecule has 1 unspecified atom stereocenters. The minimum Gasteiger partial charge on any atom is -0.459 e. The molecule has 0 heterocycles. The molecule has 0 spiro atoms. The van der Waals surface area contributed by atoms with Crippen molar-refractivity contribution in [1.29, 1.82) is 0 Å². The topological polar surface area (TPSA) is 26.3 Å². The van der Waals surface area contributed by atoms with Gasteiger partial charge in [0.2, 0.25) is 0 Å². The lowest BCUT2D eigenvalue weighted by molar-refractivity contribution is 0.0319. The number of rotatable bonds is 15. The molecule has 0 aliphatic carbocycles. The summed E-state index contributed by atoms with van der Waals surface area (Å²) in [6, 6.07) is 9.24. The van der Waals surface area contributed by atoms with Gasteiger partial charge in [0.15, 0.2) is 0 Å². The van der Waals surface area contributed by atoms with Crippen molar-refractivity contribution in [3.05, 3.63) is 48.0 Å². The normalized spacial score (nSPS) is 12.4. The summed E-state index contributed by atoms with van der Waals surface area (Å²) in [4.78, 5) is 12.0. The standard InChI is InChI=1S/C24H38O2/c1-3-4-5-6-7-8-9-10-11-12-13-14-16-19-22(2)26-24(25)23-20-17-15-18-21-23/h5-6,15,17-18,20-22H,3-4,7-14,16,19H2,1-2H3. The zero-order valence-electron chi connectivity index (χ0n) is 16.9. The SMILES string of the molecule is CCCC=CCCCCCCCCCCC(C)OC(=O)c1ccccc1. The quantitative estimate of drug-likeness (QED) is 0.184. The van der Waals surface area contributed by atoms with Gasteiger partial charge in [0.1, 0.15) is 0 Å². The smallest absolute Gasteiger partial charge is 0.338 e. The molecule has 0 saturated carbocycles. The summed E-state index contributed by atoms with van der Waals surface area (Å²) in [7, 11) is 0. The fourth-order valence-electron chi connectivity index (χ4n) is 3.04. The van der Waals surface area contributed by atoms with Gasteiger partial charge in [0.25, 0.3) is 0 Å².